The second-order valence-electron chi connectivity index (χ2n) is 12.2. The molecule has 0 saturated carbocycles. The first-order valence-corrected chi connectivity index (χ1v) is 16.7. The highest BCUT2D eigenvalue weighted by molar-refractivity contribution is 6.31. The number of carbonyl (C=O) groups excluding carboxylic acids is 4. The third-order valence-electron chi connectivity index (χ3n) is 7.61. The molecule has 0 unspecified atom stereocenters. The number of benzene rings is 1. The van der Waals surface area contributed by atoms with Crippen LogP contribution < -0.4 is 26.1 Å². The van der Waals surface area contributed by atoms with Gasteiger partial charge in [-0.05, 0) is 41.5 Å². The van der Waals surface area contributed by atoms with Gasteiger partial charge in [0.2, 0.25) is 0 Å². The highest BCUT2D eigenvalue weighted by Gasteiger charge is 2.40. The number of fused-ring (bicyclic) bond motifs is 1. The molecule has 2 aromatic heterocycles. The number of nitrogens with one attached hydrogen (secondary N) is 1. The Morgan fingerprint density at radius 3 is 2.10 bits per heavy atom. The maximum Gasteiger partial charge on any atom is 0.490 e. The summed E-state index contributed by atoms with van der Waals surface area (Å²) >= 11 is 5.97. The molecule has 20 heteroatoms. The molecule has 16 nitrogen and oxygen atoms in total. The van der Waals surface area contributed by atoms with E-state index in [1.54, 1.807) is 9.80 Å². The number of nitrogens with zero attached hydrogens (tertiary/aromatic N) is 6. The molecule has 0 spiro atoms. The summed E-state index contributed by atoms with van der Waals surface area (Å²) in [6.07, 6.45) is -5.24. The summed E-state index contributed by atoms with van der Waals surface area (Å²) in [4.78, 5) is 60.1. The second-order valence-corrected chi connectivity index (χ2v) is 12.6. The quantitative estimate of drug-likeness (QED) is 0.225. The number of aryl methyl sites for hydroxylation is 2. The van der Waals surface area contributed by atoms with Crippen molar-refractivity contribution in [2.45, 2.75) is 73.0 Å². The zero-order valence-corrected chi connectivity index (χ0v) is 30.8. The van der Waals surface area contributed by atoms with Crippen molar-refractivity contribution >= 4 is 58.1 Å². The number of ether oxygens (including phenoxy) is 3. The SMILES string of the molecule is CCOc1cc2c(cc1C(=O)N1CCN(C(=O)OC(C)(C)C)CC1)n(CC)c(CNC(=O)c1nc(Cl)c(N)nc1N)[n+]2CC.COC(=O)C(F)(F)F. The van der Waals surface area contributed by atoms with Crippen molar-refractivity contribution < 1.29 is 51.1 Å². The Morgan fingerprint density at radius 2 is 1.60 bits per heavy atom. The molecular formula is C32H44ClF3N9O7+. The number of aromatic nitrogens is 4. The number of hydrogen-bond donors (Lipinski definition) is 3. The monoisotopic (exact) mass is 758 g/mol. The van der Waals surface area contributed by atoms with E-state index in [2.05, 4.69) is 24.6 Å². The van der Waals surface area contributed by atoms with Crippen LogP contribution in [0.15, 0.2) is 12.1 Å². The van der Waals surface area contributed by atoms with Crippen molar-refractivity contribution in [3.8, 4) is 5.75 Å². The van der Waals surface area contributed by atoms with E-state index in [1.165, 1.54) is 0 Å². The third kappa shape index (κ3) is 9.83. The van der Waals surface area contributed by atoms with Crippen LogP contribution in [-0.2, 0) is 33.9 Å². The first-order valence-electron chi connectivity index (χ1n) is 16.3. The first kappa shape index (κ1) is 41.4. The van der Waals surface area contributed by atoms with Gasteiger partial charge in [0.25, 0.3) is 17.6 Å². The Hall–Kier alpha value is -5.07. The van der Waals surface area contributed by atoms with Crippen molar-refractivity contribution in [3.63, 3.8) is 0 Å². The standard InChI is InChI=1S/C29H40ClN9O5.C3H3F3O2/c1-7-38-18-14-17(27(41)36-10-12-37(13-11-36)28(42)44-29(4,5)6)20(43-9-3)15-19(18)39(8-2)21(38)16-33-26(40)22-24(31)35-25(32)23(30)34-22;1-8-2(7)3(4,5)6/h14-15H,7-13,16H2,1-6H3,(H4-,31,32,33,35,40);1H3/p+1. The summed E-state index contributed by atoms with van der Waals surface area (Å²) in [5.74, 6) is -1.83. The fourth-order valence-electron chi connectivity index (χ4n) is 5.31. The molecule has 52 heavy (non-hydrogen) atoms. The minimum atomic E-state index is -4.85. The molecule has 1 aliphatic heterocycles. The zero-order valence-electron chi connectivity index (χ0n) is 30.0. The van der Waals surface area contributed by atoms with Crippen LogP contribution in [0.4, 0.5) is 29.6 Å². The minimum Gasteiger partial charge on any atom is -0.493 e. The number of anilines is 2. The topological polar surface area (TPSA) is 201 Å². The molecule has 0 aliphatic carbocycles. The number of amides is 3. The van der Waals surface area contributed by atoms with Gasteiger partial charge in [0.1, 0.15) is 17.9 Å². The van der Waals surface area contributed by atoms with Crippen LogP contribution in [-0.4, -0.2) is 99.9 Å². The Morgan fingerprint density at radius 1 is 0.981 bits per heavy atom. The zero-order chi connectivity index (χ0) is 39.1. The molecule has 1 fully saturated rings. The van der Waals surface area contributed by atoms with Gasteiger partial charge in [-0.3, -0.25) is 9.59 Å². The van der Waals surface area contributed by atoms with E-state index in [0.29, 0.717) is 64.3 Å². The Balaban J connectivity index is 0.000000815. The van der Waals surface area contributed by atoms with Gasteiger partial charge in [-0.25, -0.2) is 28.7 Å². The van der Waals surface area contributed by atoms with Crippen molar-refractivity contribution in [2.75, 3.05) is 51.4 Å². The molecule has 3 aromatic rings. The van der Waals surface area contributed by atoms with E-state index in [-0.39, 0.29) is 41.0 Å². The van der Waals surface area contributed by atoms with E-state index in [4.69, 9.17) is 32.5 Å². The smallest absolute Gasteiger partial charge is 0.490 e. The number of alkyl halides is 3. The molecule has 286 valence electrons. The largest absolute Gasteiger partial charge is 0.493 e. The van der Waals surface area contributed by atoms with Crippen LogP contribution in [0.1, 0.15) is 68.2 Å². The number of nitrogen functional groups attached to an aromatic ring is 2. The van der Waals surface area contributed by atoms with Gasteiger partial charge in [-0.1, -0.05) is 11.6 Å². The molecule has 0 bridgehead atoms. The molecular weight excluding hydrogens is 715 g/mol. The molecule has 3 amide bonds. The third-order valence-corrected chi connectivity index (χ3v) is 7.88. The number of esters is 1. The first-order chi connectivity index (χ1) is 24.3. The average molecular weight is 759 g/mol. The number of methoxy groups -OCH3 is 1. The van der Waals surface area contributed by atoms with Crippen molar-refractivity contribution in [2.24, 2.45) is 0 Å². The molecule has 1 aromatic carbocycles. The number of nitrogens with two attached hydrogens (primary N) is 2. The van der Waals surface area contributed by atoms with Gasteiger partial charge in [0, 0.05) is 38.3 Å². The summed E-state index contributed by atoms with van der Waals surface area (Å²) in [5, 5.41) is 2.75. The summed E-state index contributed by atoms with van der Waals surface area (Å²) in [6.45, 7) is 14.5. The number of halogens is 4. The maximum absolute atomic E-state index is 13.9. The van der Waals surface area contributed by atoms with Crippen LogP contribution in [0, 0.1) is 0 Å². The maximum atomic E-state index is 13.9. The van der Waals surface area contributed by atoms with Crippen LogP contribution in [0.25, 0.3) is 11.0 Å². The van der Waals surface area contributed by atoms with Gasteiger partial charge in [-0.2, -0.15) is 13.2 Å². The van der Waals surface area contributed by atoms with Crippen molar-refractivity contribution in [1.29, 1.82) is 0 Å². The van der Waals surface area contributed by atoms with E-state index < -0.39 is 23.7 Å². The second kappa shape index (κ2) is 17.0. The number of imidazole rings is 1. The lowest BCUT2D eigenvalue weighted by Gasteiger charge is -2.35. The Labute approximate surface area is 303 Å². The van der Waals surface area contributed by atoms with Gasteiger partial charge < -0.3 is 40.8 Å². The Kier molecular flexibility index (Phi) is 13.5. The lowest BCUT2D eigenvalue weighted by molar-refractivity contribution is -0.676. The van der Waals surface area contributed by atoms with E-state index in [9.17, 15) is 32.3 Å². The lowest BCUT2D eigenvalue weighted by Crippen LogP contribution is -2.51. The van der Waals surface area contributed by atoms with Gasteiger partial charge in [0.05, 0.1) is 32.4 Å². The predicted octanol–water partition coefficient (Wildman–Crippen LogP) is 3.32. The van der Waals surface area contributed by atoms with Crippen molar-refractivity contribution in [1.82, 2.24) is 29.7 Å². The molecule has 4 rings (SSSR count). The summed E-state index contributed by atoms with van der Waals surface area (Å²) in [7, 11) is 0.676. The molecule has 0 radical (unpaired) electrons. The van der Waals surface area contributed by atoms with Gasteiger partial charge in [0.15, 0.2) is 33.5 Å². The summed E-state index contributed by atoms with van der Waals surface area (Å²) in [6, 6.07) is 3.71. The highest BCUT2D eigenvalue weighted by atomic mass is 35.5. The molecule has 3 heterocycles. The van der Waals surface area contributed by atoms with E-state index in [0.717, 1.165) is 16.9 Å². The fourth-order valence-corrected chi connectivity index (χ4v) is 5.44. The number of carbonyl (C=O) groups is 4. The lowest BCUT2D eigenvalue weighted by atomic mass is 10.1. The summed E-state index contributed by atoms with van der Waals surface area (Å²) in [5.41, 5.74) is 12.9. The number of hydrogen-bond acceptors (Lipinski definition) is 11. The normalized spacial score (nSPS) is 13.3. The van der Waals surface area contributed by atoms with Crippen LogP contribution in [0.2, 0.25) is 5.15 Å². The number of piperazine rings is 1. The number of rotatable bonds is 8. The van der Waals surface area contributed by atoms with Crippen LogP contribution in [0.5, 0.6) is 5.75 Å². The molecule has 1 aliphatic rings. The van der Waals surface area contributed by atoms with Crippen LogP contribution in [0.3, 0.4) is 0 Å². The van der Waals surface area contributed by atoms with Crippen molar-refractivity contribution in [3.05, 3.63) is 34.4 Å². The minimum absolute atomic E-state index is 0.0592. The van der Waals surface area contributed by atoms with E-state index >= 15 is 0 Å². The predicted molar refractivity (Wildman–Crippen MR) is 183 cm³/mol. The van der Waals surface area contributed by atoms with Crippen LogP contribution >= 0.6 is 11.6 Å². The summed E-state index contributed by atoms with van der Waals surface area (Å²) < 4.78 is 51.8. The molecule has 0 atom stereocenters. The Bertz CT molecular complexity index is 1800. The molecule has 1 saturated heterocycles. The average Bonchev–Trinajstić information content (AvgIpc) is 3.38. The van der Waals surface area contributed by atoms with E-state index in [1.807, 2.05) is 58.2 Å². The fraction of sp³-hybridized carbons (Fsp3) is 0.531. The highest BCUT2D eigenvalue weighted by Crippen LogP contribution is 2.29. The molecule has 5 N–H and O–H groups in total. The van der Waals surface area contributed by atoms with Gasteiger partial charge in [-0.15, -0.1) is 0 Å². The van der Waals surface area contributed by atoms with Gasteiger partial charge >= 0.3 is 18.2 Å².